The quantitative estimate of drug-likeness (QED) is 0.0388. The lowest BCUT2D eigenvalue weighted by Gasteiger charge is -2.37. The van der Waals surface area contributed by atoms with Crippen LogP contribution in [0.5, 0.6) is 11.5 Å². The van der Waals surface area contributed by atoms with Gasteiger partial charge in [-0.15, -0.1) is 9.05 Å². The van der Waals surface area contributed by atoms with Gasteiger partial charge in [0.05, 0.1) is 26.4 Å². The number of amides is 2. The lowest BCUT2D eigenvalue weighted by Crippen LogP contribution is -2.38. The SMILES string of the molecule is COc1ccc(C(OC[C@H]2O[C@@H](n3ccc(NC(=O)c4ccccc4)nc3=O)C[C@@H]2O[P+](=O)OC[C@H]2O[C@@H](n3ccc(NC(=O)c4ccccc4)nc3=O)C[C@@H]2OC(=O)c2ccccc2)(c2ccccc2)c2ccc(OC)cc2)cc1. The number of ether oxygens (including phenoxy) is 6. The minimum atomic E-state index is -3.04. The van der Waals surface area contributed by atoms with Gasteiger partial charge < -0.3 is 39.1 Å². The minimum Gasteiger partial charge on any atom is -0.497 e. The molecule has 412 valence electrons. The second-order valence-corrected chi connectivity index (χ2v) is 19.6. The molecule has 2 fully saturated rings. The smallest absolute Gasteiger partial charge is 0.497 e. The van der Waals surface area contributed by atoms with E-state index in [0.717, 1.165) is 16.7 Å². The van der Waals surface area contributed by atoms with E-state index in [4.69, 9.17) is 37.5 Å². The van der Waals surface area contributed by atoms with Crippen LogP contribution in [0, 0.1) is 0 Å². The van der Waals surface area contributed by atoms with Crippen LogP contribution in [0.1, 0.15) is 73.1 Å². The summed E-state index contributed by atoms with van der Waals surface area (Å²) in [4.78, 5) is 74.8. The number of carbonyl (C=O) groups excluding carboxylic acids is 3. The standard InChI is InChI=1S/C60H53N6O14P/c1-73-45-27-23-43(24-28-45)60(42-21-13-6-14-22-42,44-25-29-46(74-2)30-26-44)75-37-49-48(36-54(77-49)66-34-32-52(64-59(66)71)62-56(68)40-17-9-4-10-18-40)80-81(72)76-38-50-47(79-57(69)41-19-11-5-12-20-41)35-53(78-50)65-33-31-51(63-58(65)70)61-55(67)39-15-7-3-8-16-39/h3-34,47-50,53-54H,35-38H2,1-2H3,(H-,61,62,63,64,67,68,70,71)/p+1/t47-,48-,49+,50+,53+,54+/m0/s1. The van der Waals surface area contributed by atoms with Crippen LogP contribution in [0.3, 0.4) is 0 Å². The van der Waals surface area contributed by atoms with Crippen LogP contribution in [0.4, 0.5) is 11.6 Å². The average Bonchev–Trinajstić information content (AvgIpc) is 4.25. The zero-order valence-electron chi connectivity index (χ0n) is 43.7. The number of carbonyl (C=O) groups is 3. The van der Waals surface area contributed by atoms with Crippen LogP contribution < -0.4 is 31.5 Å². The van der Waals surface area contributed by atoms with Gasteiger partial charge in [0.1, 0.15) is 72.2 Å². The number of hydrogen-bond donors (Lipinski definition) is 2. The summed E-state index contributed by atoms with van der Waals surface area (Å²) in [6, 6.07) is 52.5. The summed E-state index contributed by atoms with van der Waals surface area (Å²) in [6.45, 7) is -0.664. The van der Waals surface area contributed by atoms with Gasteiger partial charge >= 0.3 is 25.6 Å². The first-order valence-electron chi connectivity index (χ1n) is 25.7. The summed E-state index contributed by atoms with van der Waals surface area (Å²) in [7, 11) is 0.105. The van der Waals surface area contributed by atoms with E-state index >= 15 is 0 Å². The fraction of sp³-hybridized carbons (Fsp3) is 0.217. The van der Waals surface area contributed by atoms with Gasteiger partial charge in [-0.3, -0.25) is 18.7 Å². The number of nitrogens with zero attached hydrogens (tertiary/aromatic N) is 4. The number of nitrogens with one attached hydrogen (secondary N) is 2. The molecule has 2 aliphatic rings. The fourth-order valence-electron chi connectivity index (χ4n) is 9.57. The van der Waals surface area contributed by atoms with Crippen molar-refractivity contribution in [2.24, 2.45) is 0 Å². The van der Waals surface area contributed by atoms with E-state index in [1.165, 1.54) is 33.7 Å². The van der Waals surface area contributed by atoms with E-state index in [1.54, 1.807) is 105 Å². The molecule has 1 unspecified atom stereocenters. The van der Waals surface area contributed by atoms with Gasteiger partial charge in [0, 0.05) is 40.9 Å². The molecule has 20 nitrogen and oxygen atoms in total. The summed E-state index contributed by atoms with van der Waals surface area (Å²) in [6.07, 6.45) is -3.59. The molecule has 7 atom stereocenters. The minimum absolute atomic E-state index is 0.00345. The molecule has 8 aromatic rings. The molecule has 2 N–H and O–H groups in total. The van der Waals surface area contributed by atoms with Crippen molar-refractivity contribution < 1.29 is 56.4 Å². The van der Waals surface area contributed by atoms with Gasteiger partial charge in [0.15, 0.2) is 0 Å². The molecule has 10 rings (SSSR count). The summed E-state index contributed by atoms with van der Waals surface area (Å²) in [5.41, 5.74) is 0.325. The summed E-state index contributed by atoms with van der Waals surface area (Å²) < 4.78 is 65.9. The Labute approximate surface area is 465 Å². The first kappa shape index (κ1) is 55.3. The van der Waals surface area contributed by atoms with E-state index in [2.05, 4.69) is 20.6 Å². The highest BCUT2D eigenvalue weighted by molar-refractivity contribution is 7.33. The maximum Gasteiger partial charge on any atom is 0.697 e. The predicted molar refractivity (Wildman–Crippen MR) is 295 cm³/mol. The number of hydrogen-bond acceptors (Lipinski definition) is 16. The van der Waals surface area contributed by atoms with Gasteiger partial charge in [-0.25, -0.2) is 14.4 Å². The molecule has 2 saturated heterocycles. The third-order valence-electron chi connectivity index (χ3n) is 13.7. The lowest BCUT2D eigenvalue weighted by molar-refractivity contribution is -0.0926. The Hall–Kier alpha value is -9.01. The molecule has 0 bridgehead atoms. The first-order chi connectivity index (χ1) is 39.5. The van der Waals surface area contributed by atoms with E-state index in [0.29, 0.717) is 22.6 Å². The molecule has 2 amide bonds. The lowest BCUT2D eigenvalue weighted by atomic mass is 9.80. The van der Waals surface area contributed by atoms with Gasteiger partial charge in [0.2, 0.25) is 0 Å². The predicted octanol–water partition coefficient (Wildman–Crippen LogP) is 8.89. The topological polar surface area (TPSA) is 236 Å². The summed E-state index contributed by atoms with van der Waals surface area (Å²) >= 11 is 0. The zero-order chi connectivity index (χ0) is 56.3. The number of anilines is 2. The summed E-state index contributed by atoms with van der Waals surface area (Å²) in [5.74, 6) is -0.367. The Bertz CT molecular complexity index is 3550. The van der Waals surface area contributed by atoms with Crippen molar-refractivity contribution in [2.75, 3.05) is 38.1 Å². The Kier molecular flexibility index (Phi) is 17.3. The first-order valence-corrected chi connectivity index (χ1v) is 26.8. The fourth-order valence-corrected chi connectivity index (χ4v) is 10.3. The summed E-state index contributed by atoms with van der Waals surface area (Å²) in [5, 5.41) is 5.27. The van der Waals surface area contributed by atoms with Crippen molar-refractivity contribution in [1.82, 2.24) is 19.1 Å². The molecule has 2 aromatic heterocycles. The number of rotatable bonds is 21. The normalized spacial score (nSPS) is 18.8. The van der Waals surface area contributed by atoms with Crippen molar-refractivity contribution in [3.05, 3.63) is 249 Å². The van der Waals surface area contributed by atoms with Gasteiger partial charge in [-0.05, 0) is 89.5 Å². The second-order valence-electron chi connectivity index (χ2n) is 18.7. The third-order valence-corrected chi connectivity index (χ3v) is 14.5. The monoisotopic (exact) mass is 1110 g/mol. The molecule has 21 heteroatoms. The van der Waals surface area contributed by atoms with Crippen molar-refractivity contribution >= 4 is 37.7 Å². The molecule has 81 heavy (non-hydrogen) atoms. The highest BCUT2D eigenvalue weighted by Crippen LogP contribution is 2.44. The van der Waals surface area contributed by atoms with Crippen LogP contribution in [-0.2, 0) is 38.2 Å². The van der Waals surface area contributed by atoms with Crippen molar-refractivity contribution in [1.29, 1.82) is 0 Å². The highest BCUT2D eigenvalue weighted by atomic mass is 31.1. The molecule has 0 spiro atoms. The Morgan fingerprint density at radius 2 is 0.975 bits per heavy atom. The van der Waals surface area contributed by atoms with E-state index in [1.807, 2.05) is 78.9 Å². The van der Waals surface area contributed by atoms with Crippen molar-refractivity contribution in [3.63, 3.8) is 0 Å². The van der Waals surface area contributed by atoms with Crippen molar-refractivity contribution in [3.8, 4) is 11.5 Å². The Balaban J connectivity index is 0.916. The van der Waals surface area contributed by atoms with Crippen LogP contribution in [-0.4, -0.2) is 88.7 Å². The van der Waals surface area contributed by atoms with E-state index < -0.39 is 86.5 Å². The number of benzene rings is 6. The number of aromatic nitrogens is 4. The number of methoxy groups -OCH3 is 2. The Morgan fingerprint density at radius 1 is 0.556 bits per heavy atom. The van der Waals surface area contributed by atoms with Crippen LogP contribution in [0.15, 0.2) is 204 Å². The maximum atomic E-state index is 14.2. The second kappa shape index (κ2) is 25.4. The molecule has 0 aliphatic carbocycles. The molecule has 4 heterocycles. The van der Waals surface area contributed by atoms with Gasteiger partial charge in [-0.2, -0.15) is 9.97 Å². The molecule has 6 aromatic carbocycles. The average molecular weight is 1110 g/mol. The van der Waals surface area contributed by atoms with Crippen molar-refractivity contribution in [2.45, 2.75) is 55.3 Å². The van der Waals surface area contributed by atoms with Gasteiger partial charge in [-0.1, -0.05) is 109 Å². The number of esters is 1. The third kappa shape index (κ3) is 12.9. The molecule has 2 aliphatic heterocycles. The molecule has 0 radical (unpaired) electrons. The molecular weight excluding hydrogens is 1060 g/mol. The largest absolute Gasteiger partial charge is 0.697 e. The molecule has 0 saturated carbocycles. The van der Waals surface area contributed by atoms with Crippen LogP contribution in [0.2, 0.25) is 0 Å². The maximum absolute atomic E-state index is 14.2. The molecular formula is C60H54N6O14P+. The van der Waals surface area contributed by atoms with Gasteiger partial charge in [0.25, 0.3) is 11.8 Å². The van der Waals surface area contributed by atoms with E-state index in [9.17, 15) is 28.5 Å². The van der Waals surface area contributed by atoms with Crippen LogP contribution in [0.25, 0.3) is 0 Å². The zero-order valence-corrected chi connectivity index (χ0v) is 44.6. The Morgan fingerprint density at radius 3 is 1.43 bits per heavy atom. The van der Waals surface area contributed by atoms with E-state index in [-0.39, 0.29) is 36.6 Å². The van der Waals surface area contributed by atoms with Crippen LogP contribution >= 0.6 is 8.25 Å². The highest BCUT2D eigenvalue weighted by Gasteiger charge is 2.48.